The molecule has 1 saturated carbocycles. The Kier molecular flexibility index (Phi) is 5.87. The van der Waals surface area contributed by atoms with Gasteiger partial charge in [-0.2, -0.15) is 0 Å². The third-order valence-corrected chi connectivity index (χ3v) is 6.63. The largest absolute Gasteiger partial charge is 0.338 e. The second-order valence-electron chi connectivity index (χ2n) is 8.53. The van der Waals surface area contributed by atoms with E-state index in [1.807, 2.05) is 18.2 Å². The number of imidazole rings is 1. The number of benzene rings is 1. The number of fused-ring (bicyclic) bond motifs is 1. The summed E-state index contributed by atoms with van der Waals surface area (Å²) < 4.78 is 0. The number of nitrogens with one attached hydrogen (secondary N) is 2. The van der Waals surface area contributed by atoms with E-state index in [2.05, 4.69) is 25.2 Å². The van der Waals surface area contributed by atoms with Gasteiger partial charge < -0.3 is 10.3 Å². The van der Waals surface area contributed by atoms with Gasteiger partial charge in [-0.1, -0.05) is 36.0 Å². The number of aromatic amines is 1. The van der Waals surface area contributed by atoms with Crippen LogP contribution in [-0.4, -0.2) is 38.8 Å². The van der Waals surface area contributed by atoms with Crippen LogP contribution in [0.1, 0.15) is 44.1 Å². The minimum Gasteiger partial charge on any atom is -0.338 e. The van der Waals surface area contributed by atoms with Crippen LogP contribution in [-0.2, 0) is 11.3 Å². The molecule has 5 rings (SSSR count). The van der Waals surface area contributed by atoms with Crippen LogP contribution in [0.4, 0.5) is 5.82 Å². The van der Waals surface area contributed by atoms with Gasteiger partial charge in [0, 0.05) is 18.7 Å². The zero-order valence-corrected chi connectivity index (χ0v) is 18.8. The molecule has 3 aromatic rings. The van der Waals surface area contributed by atoms with Gasteiger partial charge in [-0.3, -0.25) is 9.69 Å². The highest BCUT2D eigenvalue weighted by atomic mass is 35.5. The van der Waals surface area contributed by atoms with E-state index in [-0.39, 0.29) is 11.8 Å². The molecule has 162 valence electrons. The van der Waals surface area contributed by atoms with Crippen LogP contribution in [0.5, 0.6) is 0 Å². The fourth-order valence-corrected chi connectivity index (χ4v) is 4.92. The molecule has 1 aliphatic carbocycles. The van der Waals surface area contributed by atoms with Crippen LogP contribution in [0.3, 0.4) is 0 Å². The SMILES string of the molecule is O=C(Nc1nccc2[nH]c(-c3c(Cl)cc(CN4CCCCCC4)cc3Cl)nc12)C1CC1. The Balaban J connectivity index is 1.43. The maximum absolute atomic E-state index is 12.2. The summed E-state index contributed by atoms with van der Waals surface area (Å²) >= 11 is 13.3. The predicted molar refractivity (Wildman–Crippen MR) is 124 cm³/mol. The van der Waals surface area contributed by atoms with E-state index in [0.717, 1.165) is 43.6 Å². The molecule has 6 nitrogen and oxygen atoms in total. The normalized spacial score (nSPS) is 17.6. The summed E-state index contributed by atoms with van der Waals surface area (Å²) in [6, 6.07) is 5.79. The maximum Gasteiger partial charge on any atom is 0.228 e. The third kappa shape index (κ3) is 4.56. The number of carbonyl (C=O) groups is 1. The van der Waals surface area contributed by atoms with E-state index in [9.17, 15) is 4.79 Å². The van der Waals surface area contributed by atoms with E-state index >= 15 is 0 Å². The van der Waals surface area contributed by atoms with Crippen LogP contribution in [0.25, 0.3) is 22.4 Å². The Morgan fingerprint density at radius 1 is 1.13 bits per heavy atom. The number of halogens is 2. The number of H-pyrrole nitrogens is 1. The van der Waals surface area contributed by atoms with Crippen molar-refractivity contribution in [2.45, 2.75) is 45.1 Å². The molecule has 0 radical (unpaired) electrons. The Morgan fingerprint density at radius 2 is 1.84 bits per heavy atom. The average molecular weight is 458 g/mol. The summed E-state index contributed by atoms with van der Waals surface area (Å²) in [7, 11) is 0. The Morgan fingerprint density at radius 3 is 2.52 bits per heavy atom. The highest BCUT2D eigenvalue weighted by molar-refractivity contribution is 6.39. The molecular formula is C23H25Cl2N5O. The first kappa shape index (κ1) is 20.7. The van der Waals surface area contributed by atoms with E-state index in [0.29, 0.717) is 32.8 Å². The standard InChI is InChI=1S/C23H25Cl2N5O/c24-16-11-14(13-30-9-3-1-2-4-10-30)12-17(25)19(16)21-27-18-7-8-26-22(20(18)28-21)29-23(31)15-5-6-15/h7-8,11-12,15H,1-6,9-10,13H2,(H,27,28)(H,26,29,31). The second kappa shape index (κ2) is 8.77. The van der Waals surface area contributed by atoms with Crippen molar-refractivity contribution < 1.29 is 4.79 Å². The topological polar surface area (TPSA) is 73.9 Å². The molecule has 8 heteroatoms. The number of rotatable bonds is 5. The summed E-state index contributed by atoms with van der Waals surface area (Å²) in [5.41, 5.74) is 3.15. The van der Waals surface area contributed by atoms with Crippen molar-refractivity contribution in [1.82, 2.24) is 19.9 Å². The van der Waals surface area contributed by atoms with Crippen molar-refractivity contribution >= 4 is 46.0 Å². The smallest absolute Gasteiger partial charge is 0.228 e. The van der Waals surface area contributed by atoms with Crippen molar-refractivity contribution in [3.8, 4) is 11.4 Å². The molecule has 1 saturated heterocycles. The lowest BCUT2D eigenvalue weighted by Crippen LogP contribution is -2.23. The monoisotopic (exact) mass is 457 g/mol. The van der Waals surface area contributed by atoms with Crippen LogP contribution < -0.4 is 5.32 Å². The summed E-state index contributed by atoms with van der Waals surface area (Å²) in [5, 5.41) is 4.02. The minimum atomic E-state index is -0.00141. The van der Waals surface area contributed by atoms with Crippen LogP contribution in [0, 0.1) is 5.92 Å². The highest BCUT2D eigenvalue weighted by Gasteiger charge is 2.30. The molecule has 2 fully saturated rings. The van der Waals surface area contributed by atoms with E-state index in [1.54, 1.807) is 6.20 Å². The first-order chi connectivity index (χ1) is 15.1. The predicted octanol–water partition coefficient (Wildman–Crippen LogP) is 5.66. The molecule has 1 aliphatic heterocycles. The summed E-state index contributed by atoms with van der Waals surface area (Å²) in [6.07, 6.45) is 8.62. The average Bonchev–Trinajstić information content (AvgIpc) is 3.53. The molecule has 2 aromatic heterocycles. The lowest BCUT2D eigenvalue weighted by molar-refractivity contribution is -0.117. The molecule has 2 aliphatic rings. The van der Waals surface area contributed by atoms with Crippen LogP contribution >= 0.6 is 23.2 Å². The summed E-state index contributed by atoms with van der Waals surface area (Å²) in [6.45, 7) is 3.08. The zero-order valence-electron chi connectivity index (χ0n) is 17.3. The molecule has 2 N–H and O–H groups in total. The van der Waals surface area contributed by atoms with Gasteiger partial charge in [0.1, 0.15) is 11.3 Å². The van der Waals surface area contributed by atoms with Crippen molar-refractivity contribution in [1.29, 1.82) is 0 Å². The van der Waals surface area contributed by atoms with Gasteiger partial charge in [0.15, 0.2) is 5.82 Å². The second-order valence-corrected chi connectivity index (χ2v) is 9.34. The Hall–Kier alpha value is -2.15. The molecule has 0 unspecified atom stereocenters. The number of carbonyl (C=O) groups excluding carboxylic acids is 1. The molecule has 0 bridgehead atoms. The lowest BCUT2D eigenvalue weighted by atomic mass is 10.1. The summed E-state index contributed by atoms with van der Waals surface area (Å²) in [5.74, 6) is 1.12. The lowest BCUT2D eigenvalue weighted by Gasteiger charge is -2.20. The van der Waals surface area contributed by atoms with Gasteiger partial charge >= 0.3 is 0 Å². The van der Waals surface area contributed by atoms with Crippen molar-refractivity contribution in [2.75, 3.05) is 18.4 Å². The number of amides is 1. The van der Waals surface area contributed by atoms with Gasteiger partial charge in [0.2, 0.25) is 5.91 Å². The third-order valence-electron chi connectivity index (χ3n) is 6.03. The minimum absolute atomic E-state index is 0.00141. The van der Waals surface area contributed by atoms with E-state index in [1.165, 1.54) is 25.7 Å². The molecule has 0 atom stereocenters. The van der Waals surface area contributed by atoms with Crippen molar-refractivity contribution in [3.63, 3.8) is 0 Å². The molecule has 0 spiro atoms. The quantitative estimate of drug-likeness (QED) is 0.518. The van der Waals surface area contributed by atoms with Gasteiger partial charge in [0.05, 0.1) is 21.1 Å². The number of pyridine rings is 1. The maximum atomic E-state index is 12.2. The molecule has 1 aromatic carbocycles. The van der Waals surface area contributed by atoms with E-state index < -0.39 is 0 Å². The fourth-order valence-electron chi connectivity index (χ4n) is 4.21. The fraction of sp³-hybridized carbons (Fsp3) is 0.435. The first-order valence-corrected chi connectivity index (χ1v) is 11.7. The van der Waals surface area contributed by atoms with Crippen molar-refractivity contribution in [2.24, 2.45) is 5.92 Å². The number of nitrogens with zero attached hydrogens (tertiary/aromatic N) is 3. The first-order valence-electron chi connectivity index (χ1n) is 10.9. The highest BCUT2D eigenvalue weighted by Crippen LogP contribution is 2.37. The van der Waals surface area contributed by atoms with Gasteiger partial charge in [-0.15, -0.1) is 0 Å². The number of aromatic nitrogens is 3. The number of likely N-dealkylation sites (tertiary alicyclic amines) is 1. The number of hydrogen-bond acceptors (Lipinski definition) is 4. The molecular weight excluding hydrogens is 433 g/mol. The van der Waals surface area contributed by atoms with Gasteiger partial charge in [0.25, 0.3) is 0 Å². The van der Waals surface area contributed by atoms with Crippen molar-refractivity contribution in [3.05, 3.63) is 40.0 Å². The van der Waals surface area contributed by atoms with Gasteiger partial charge in [-0.05, 0) is 62.5 Å². The Labute approximate surface area is 191 Å². The number of anilines is 1. The zero-order chi connectivity index (χ0) is 21.4. The Bertz CT molecular complexity index is 1090. The number of hydrogen-bond donors (Lipinski definition) is 2. The molecule has 1 amide bonds. The summed E-state index contributed by atoms with van der Waals surface area (Å²) in [4.78, 5) is 26.9. The van der Waals surface area contributed by atoms with E-state index in [4.69, 9.17) is 23.2 Å². The van der Waals surface area contributed by atoms with Gasteiger partial charge in [-0.25, -0.2) is 9.97 Å². The van der Waals surface area contributed by atoms with Crippen LogP contribution in [0.2, 0.25) is 10.0 Å². The molecule has 31 heavy (non-hydrogen) atoms. The molecule has 3 heterocycles. The van der Waals surface area contributed by atoms with Crippen LogP contribution in [0.15, 0.2) is 24.4 Å².